The summed E-state index contributed by atoms with van der Waals surface area (Å²) in [6, 6.07) is 23.8. The van der Waals surface area contributed by atoms with Gasteiger partial charge in [-0.3, -0.25) is 0 Å². The van der Waals surface area contributed by atoms with E-state index in [1.165, 1.54) is 24.3 Å². The SMILES string of the molecule is OC(CNC1CCN(CCSC(c2ccc(F)cc2)c2ccc(F)cc2)CC1)Cc1ccccc1. The highest BCUT2D eigenvalue weighted by Gasteiger charge is 2.21. The second-order valence-corrected chi connectivity index (χ2v) is 10.4. The minimum Gasteiger partial charge on any atom is -0.391 e. The van der Waals surface area contributed by atoms with E-state index in [1.807, 2.05) is 54.2 Å². The van der Waals surface area contributed by atoms with Crippen molar-refractivity contribution in [2.45, 2.75) is 36.7 Å². The Labute approximate surface area is 211 Å². The molecule has 0 aromatic heterocycles. The third kappa shape index (κ3) is 8.14. The summed E-state index contributed by atoms with van der Waals surface area (Å²) in [7, 11) is 0. The van der Waals surface area contributed by atoms with Crippen LogP contribution < -0.4 is 5.32 Å². The molecule has 3 nitrogen and oxygen atoms in total. The van der Waals surface area contributed by atoms with Gasteiger partial charge in [-0.1, -0.05) is 54.6 Å². The first-order valence-corrected chi connectivity index (χ1v) is 13.4. The minimum atomic E-state index is -0.373. The van der Waals surface area contributed by atoms with E-state index in [0.717, 1.165) is 54.9 Å². The van der Waals surface area contributed by atoms with E-state index in [-0.39, 0.29) is 23.0 Å². The zero-order chi connectivity index (χ0) is 24.5. The van der Waals surface area contributed by atoms with Crippen LogP contribution in [0.3, 0.4) is 0 Å². The minimum absolute atomic E-state index is 0.0431. The Bertz CT molecular complexity index is 964. The molecule has 0 bridgehead atoms. The average Bonchev–Trinajstić information content (AvgIpc) is 2.88. The number of thioether (sulfide) groups is 1. The summed E-state index contributed by atoms with van der Waals surface area (Å²) >= 11 is 1.81. The second kappa shape index (κ2) is 13.2. The molecule has 6 heteroatoms. The maximum Gasteiger partial charge on any atom is 0.123 e. The van der Waals surface area contributed by atoms with E-state index in [0.29, 0.717) is 19.0 Å². The van der Waals surface area contributed by atoms with Gasteiger partial charge in [0.05, 0.1) is 11.4 Å². The molecular weight excluding hydrogens is 462 g/mol. The standard InChI is InChI=1S/C29H34F2N2OS/c30-25-10-6-23(7-11-25)29(24-8-12-26(31)13-9-24)35-19-18-33-16-14-27(15-17-33)32-21-28(34)20-22-4-2-1-3-5-22/h1-13,27-29,32,34H,14-21H2. The molecule has 186 valence electrons. The van der Waals surface area contributed by atoms with Crippen molar-refractivity contribution >= 4 is 11.8 Å². The number of aliphatic hydroxyl groups is 1. The fraction of sp³-hybridized carbons (Fsp3) is 0.379. The van der Waals surface area contributed by atoms with Crippen LogP contribution >= 0.6 is 11.8 Å². The van der Waals surface area contributed by atoms with Gasteiger partial charge in [-0.2, -0.15) is 0 Å². The van der Waals surface area contributed by atoms with Crippen LogP contribution in [0.25, 0.3) is 0 Å². The van der Waals surface area contributed by atoms with E-state index in [9.17, 15) is 13.9 Å². The summed E-state index contributed by atoms with van der Waals surface area (Å²) in [5, 5.41) is 13.9. The van der Waals surface area contributed by atoms with Gasteiger partial charge in [-0.25, -0.2) is 8.78 Å². The first-order chi connectivity index (χ1) is 17.1. The lowest BCUT2D eigenvalue weighted by Crippen LogP contribution is -2.45. The molecule has 3 aromatic carbocycles. The Kier molecular flexibility index (Phi) is 9.72. The molecule has 3 aromatic rings. The molecule has 0 saturated carbocycles. The van der Waals surface area contributed by atoms with Crippen molar-refractivity contribution in [2.75, 3.05) is 31.9 Å². The highest BCUT2D eigenvalue weighted by atomic mass is 32.2. The van der Waals surface area contributed by atoms with Gasteiger partial charge >= 0.3 is 0 Å². The number of piperidine rings is 1. The van der Waals surface area contributed by atoms with Gasteiger partial charge in [0.25, 0.3) is 0 Å². The molecule has 0 amide bonds. The van der Waals surface area contributed by atoms with Crippen LogP contribution in [0.2, 0.25) is 0 Å². The number of likely N-dealkylation sites (tertiary alicyclic amines) is 1. The summed E-state index contributed by atoms with van der Waals surface area (Å²) in [5.41, 5.74) is 3.22. The zero-order valence-corrected chi connectivity index (χ0v) is 20.8. The van der Waals surface area contributed by atoms with Gasteiger partial charge in [0, 0.05) is 24.9 Å². The van der Waals surface area contributed by atoms with Gasteiger partial charge < -0.3 is 15.3 Å². The number of aliphatic hydroxyl groups excluding tert-OH is 1. The van der Waals surface area contributed by atoms with Crippen LogP contribution in [-0.2, 0) is 6.42 Å². The predicted octanol–water partition coefficient (Wildman–Crippen LogP) is 5.45. The lowest BCUT2D eigenvalue weighted by Gasteiger charge is -2.33. The van der Waals surface area contributed by atoms with Crippen LogP contribution in [-0.4, -0.2) is 54.1 Å². The normalized spacial score (nSPS) is 16.0. The van der Waals surface area contributed by atoms with Gasteiger partial charge in [0.2, 0.25) is 0 Å². The Hall–Kier alpha value is -2.25. The molecule has 1 aliphatic heterocycles. The van der Waals surface area contributed by atoms with Crippen LogP contribution in [0.15, 0.2) is 78.9 Å². The molecule has 2 N–H and O–H groups in total. The van der Waals surface area contributed by atoms with Gasteiger partial charge in [-0.15, -0.1) is 11.8 Å². The maximum atomic E-state index is 13.4. The van der Waals surface area contributed by atoms with E-state index in [2.05, 4.69) is 22.3 Å². The Morgan fingerprint density at radius 2 is 1.43 bits per heavy atom. The molecule has 1 atom stereocenters. The van der Waals surface area contributed by atoms with Crippen molar-refractivity contribution in [3.63, 3.8) is 0 Å². The summed E-state index contributed by atoms with van der Waals surface area (Å²) < 4.78 is 26.9. The van der Waals surface area contributed by atoms with Crippen molar-refractivity contribution in [1.82, 2.24) is 10.2 Å². The molecule has 1 unspecified atom stereocenters. The smallest absolute Gasteiger partial charge is 0.123 e. The first-order valence-electron chi connectivity index (χ1n) is 12.4. The Balaban J connectivity index is 1.20. The molecule has 4 rings (SSSR count). The van der Waals surface area contributed by atoms with Gasteiger partial charge in [0.1, 0.15) is 11.6 Å². The average molecular weight is 497 g/mol. The largest absolute Gasteiger partial charge is 0.391 e. The van der Waals surface area contributed by atoms with Gasteiger partial charge in [-0.05, 0) is 73.3 Å². The van der Waals surface area contributed by atoms with Gasteiger partial charge in [0.15, 0.2) is 0 Å². The number of hydrogen-bond acceptors (Lipinski definition) is 4. The molecule has 0 aliphatic carbocycles. The third-order valence-electron chi connectivity index (χ3n) is 6.58. The first kappa shape index (κ1) is 25.8. The predicted molar refractivity (Wildman–Crippen MR) is 141 cm³/mol. The summed E-state index contributed by atoms with van der Waals surface area (Å²) in [6.45, 7) is 3.66. The van der Waals surface area contributed by atoms with E-state index in [4.69, 9.17) is 0 Å². The van der Waals surface area contributed by atoms with Crippen LogP contribution in [0.5, 0.6) is 0 Å². The summed E-state index contributed by atoms with van der Waals surface area (Å²) in [4.78, 5) is 2.48. The molecule has 1 saturated heterocycles. The summed E-state index contributed by atoms with van der Waals surface area (Å²) in [5.74, 6) is 0.439. The van der Waals surface area contributed by atoms with Crippen molar-refractivity contribution in [3.05, 3.63) is 107 Å². The van der Waals surface area contributed by atoms with E-state index < -0.39 is 0 Å². The maximum absolute atomic E-state index is 13.4. The van der Waals surface area contributed by atoms with Crippen LogP contribution in [0.1, 0.15) is 34.8 Å². The third-order valence-corrected chi connectivity index (χ3v) is 7.88. The number of hydrogen-bond donors (Lipinski definition) is 2. The fourth-order valence-corrected chi connectivity index (χ4v) is 5.88. The zero-order valence-electron chi connectivity index (χ0n) is 20.0. The molecule has 1 fully saturated rings. The van der Waals surface area contributed by atoms with Crippen LogP contribution in [0.4, 0.5) is 8.78 Å². The highest BCUT2D eigenvalue weighted by Crippen LogP contribution is 2.36. The van der Waals surface area contributed by atoms with Crippen molar-refractivity contribution < 1.29 is 13.9 Å². The number of halogens is 2. The summed E-state index contributed by atoms with van der Waals surface area (Å²) in [6.07, 6.45) is 2.44. The highest BCUT2D eigenvalue weighted by molar-refractivity contribution is 7.99. The quantitative estimate of drug-likeness (QED) is 0.370. The molecule has 1 aliphatic rings. The number of nitrogens with one attached hydrogen (secondary N) is 1. The van der Waals surface area contributed by atoms with Crippen LogP contribution in [0, 0.1) is 11.6 Å². The second-order valence-electron chi connectivity index (χ2n) is 9.22. The Morgan fingerprint density at radius 3 is 2.00 bits per heavy atom. The lowest BCUT2D eigenvalue weighted by molar-refractivity contribution is 0.152. The number of rotatable bonds is 11. The monoisotopic (exact) mass is 496 g/mol. The Morgan fingerprint density at radius 1 is 0.857 bits per heavy atom. The van der Waals surface area contributed by atoms with E-state index >= 15 is 0 Å². The van der Waals surface area contributed by atoms with Crippen molar-refractivity contribution in [3.8, 4) is 0 Å². The number of nitrogens with zero attached hydrogens (tertiary/aromatic N) is 1. The number of benzene rings is 3. The topological polar surface area (TPSA) is 35.5 Å². The molecule has 0 radical (unpaired) electrons. The lowest BCUT2D eigenvalue weighted by atomic mass is 10.0. The van der Waals surface area contributed by atoms with Crippen molar-refractivity contribution in [2.24, 2.45) is 0 Å². The fourth-order valence-electron chi connectivity index (χ4n) is 4.58. The molecule has 0 spiro atoms. The molecule has 35 heavy (non-hydrogen) atoms. The molecule has 1 heterocycles. The van der Waals surface area contributed by atoms with Crippen molar-refractivity contribution in [1.29, 1.82) is 0 Å². The molecular formula is C29H34F2N2OS. The van der Waals surface area contributed by atoms with E-state index in [1.54, 1.807) is 0 Å².